The predicted octanol–water partition coefficient (Wildman–Crippen LogP) is 1.91. The lowest BCUT2D eigenvalue weighted by Crippen LogP contribution is -2.18. The Morgan fingerprint density at radius 3 is 2.58 bits per heavy atom. The molecule has 2 heteroatoms. The number of aliphatic hydroxyl groups excluding tert-OH is 1. The number of rotatable bonds is 3. The van der Waals surface area contributed by atoms with Gasteiger partial charge in [-0.15, -0.1) is 0 Å². The van der Waals surface area contributed by atoms with Crippen molar-refractivity contribution in [2.45, 2.75) is 51.6 Å². The Hall–Kier alpha value is -0.370. The van der Waals surface area contributed by atoms with Crippen LogP contribution in [0.2, 0.25) is 0 Å². The minimum Gasteiger partial charge on any atom is -0.393 e. The van der Waals surface area contributed by atoms with Crippen LogP contribution in [-0.4, -0.2) is 17.0 Å². The molecular weight excluding hydrogens is 152 g/mol. The van der Waals surface area contributed by atoms with Crippen LogP contribution in [0.25, 0.3) is 0 Å². The zero-order valence-electron chi connectivity index (χ0n) is 7.75. The molecule has 0 spiro atoms. The minimum absolute atomic E-state index is 0.150. The predicted molar refractivity (Wildman–Crippen MR) is 47.9 cm³/mol. The van der Waals surface area contributed by atoms with Crippen LogP contribution in [-0.2, 0) is 4.79 Å². The summed E-state index contributed by atoms with van der Waals surface area (Å²) in [5.41, 5.74) is 0. The maximum atomic E-state index is 10.9. The standard InChI is InChI=1S/C10H18O2/c1-2-9(11)7-8-3-5-10(12)6-4-8/h8-9,11H,2-7H2,1H3. The highest BCUT2D eigenvalue weighted by Gasteiger charge is 2.20. The van der Waals surface area contributed by atoms with Gasteiger partial charge in [-0.3, -0.25) is 4.79 Å². The fourth-order valence-electron chi connectivity index (χ4n) is 1.79. The molecule has 0 heterocycles. The molecule has 1 unspecified atom stereocenters. The number of carbonyl (C=O) groups is 1. The molecule has 1 saturated carbocycles. The van der Waals surface area contributed by atoms with Crippen molar-refractivity contribution >= 4 is 5.78 Å². The van der Waals surface area contributed by atoms with Crippen molar-refractivity contribution in [1.29, 1.82) is 0 Å². The van der Waals surface area contributed by atoms with Crippen LogP contribution in [0.3, 0.4) is 0 Å². The van der Waals surface area contributed by atoms with Gasteiger partial charge in [0, 0.05) is 12.8 Å². The molecular formula is C10H18O2. The number of aliphatic hydroxyl groups is 1. The SMILES string of the molecule is CCC(O)CC1CCC(=O)CC1. The molecule has 0 aromatic carbocycles. The smallest absolute Gasteiger partial charge is 0.132 e. The summed E-state index contributed by atoms with van der Waals surface area (Å²) >= 11 is 0. The van der Waals surface area contributed by atoms with Gasteiger partial charge in [0.15, 0.2) is 0 Å². The molecule has 0 aromatic rings. The van der Waals surface area contributed by atoms with E-state index in [1.165, 1.54) is 0 Å². The molecule has 1 fully saturated rings. The Kier molecular flexibility index (Phi) is 3.73. The number of ketones is 1. The average molecular weight is 170 g/mol. The second kappa shape index (κ2) is 4.61. The van der Waals surface area contributed by atoms with Gasteiger partial charge in [0.2, 0.25) is 0 Å². The summed E-state index contributed by atoms with van der Waals surface area (Å²) < 4.78 is 0. The molecule has 70 valence electrons. The van der Waals surface area contributed by atoms with E-state index in [9.17, 15) is 9.90 Å². The summed E-state index contributed by atoms with van der Waals surface area (Å²) in [6.07, 6.45) is 5.05. The topological polar surface area (TPSA) is 37.3 Å². The van der Waals surface area contributed by atoms with Crippen LogP contribution in [0.1, 0.15) is 45.4 Å². The largest absolute Gasteiger partial charge is 0.393 e. The molecule has 0 radical (unpaired) electrons. The van der Waals surface area contributed by atoms with Crippen LogP contribution in [0.15, 0.2) is 0 Å². The fraction of sp³-hybridized carbons (Fsp3) is 0.900. The van der Waals surface area contributed by atoms with Crippen molar-refractivity contribution in [1.82, 2.24) is 0 Å². The third-order valence-corrected chi connectivity index (χ3v) is 2.74. The highest BCUT2D eigenvalue weighted by molar-refractivity contribution is 5.78. The second-order valence-corrected chi connectivity index (χ2v) is 3.78. The van der Waals surface area contributed by atoms with Crippen LogP contribution >= 0.6 is 0 Å². The summed E-state index contributed by atoms with van der Waals surface area (Å²) in [6.45, 7) is 2.00. The molecule has 2 nitrogen and oxygen atoms in total. The lowest BCUT2D eigenvalue weighted by atomic mass is 9.84. The fourth-order valence-corrected chi connectivity index (χ4v) is 1.79. The van der Waals surface area contributed by atoms with Gasteiger partial charge in [0.05, 0.1) is 6.10 Å². The monoisotopic (exact) mass is 170 g/mol. The van der Waals surface area contributed by atoms with Crippen LogP contribution in [0.4, 0.5) is 0 Å². The van der Waals surface area contributed by atoms with Crippen molar-refractivity contribution in [2.24, 2.45) is 5.92 Å². The first-order valence-corrected chi connectivity index (χ1v) is 4.92. The van der Waals surface area contributed by atoms with E-state index in [1.807, 2.05) is 6.92 Å². The highest BCUT2D eigenvalue weighted by Crippen LogP contribution is 2.25. The van der Waals surface area contributed by atoms with E-state index in [4.69, 9.17) is 0 Å². The molecule has 0 aliphatic heterocycles. The quantitative estimate of drug-likeness (QED) is 0.702. The zero-order chi connectivity index (χ0) is 8.97. The molecule has 0 aromatic heterocycles. The van der Waals surface area contributed by atoms with Crippen LogP contribution in [0, 0.1) is 5.92 Å². The zero-order valence-corrected chi connectivity index (χ0v) is 7.75. The average Bonchev–Trinajstić information content (AvgIpc) is 2.09. The molecule has 1 aliphatic carbocycles. The lowest BCUT2D eigenvalue weighted by molar-refractivity contribution is -0.121. The van der Waals surface area contributed by atoms with E-state index in [0.29, 0.717) is 11.7 Å². The van der Waals surface area contributed by atoms with Gasteiger partial charge in [-0.2, -0.15) is 0 Å². The summed E-state index contributed by atoms with van der Waals surface area (Å²) in [7, 11) is 0. The van der Waals surface area contributed by atoms with Gasteiger partial charge >= 0.3 is 0 Å². The third-order valence-electron chi connectivity index (χ3n) is 2.74. The van der Waals surface area contributed by atoms with Gasteiger partial charge in [-0.1, -0.05) is 6.92 Å². The van der Waals surface area contributed by atoms with E-state index < -0.39 is 0 Å². The molecule has 0 amide bonds. The number of hydrogen-bond acceptors (Lipinski definition) is 2. The lowest BCUT2D eigenvalue weighted by Gasteiger charge is -2.22. The Morgan fingerprint density at radius 2 is 2.08 bits per heavy atom. The van der Waals surface area contributed by atoms with E-state index in [-0.39, 0.29) is 6.10 Å². The Balaban J connectivity index is 2.21. The molecule has 1 N–H and O–H groups in total. The van der Waals surface area contributed by atoms with E-state index >= 15 is 0 Å². The van der Waals surface area contributed by atoms with E-state index in [1.54, 1.807) is 0 Å². The van der Waals surface area contributed by atoms with Gasteiger partial charge in [0.25, 0.3) is 0 Å². The first-order chi connectivity index (χ1) is 5.72. The molecule has 0 saturated heterocycles. The van der Waals surface area contributed by atoms with Gasteiger partial charge < -0.3 is 5.11 Å². The maximum Gasteiger partial charge on any atom is 0.132 e. The number of carbonyl (C=O) groups excluding carboxylic acids is 1. The van der Waals surface area contributed by atoms with Gasteiger partial charge in [-0.25, -0.2) is 0 Å². The third kappa shape index (κ3) is 2.94. The molecule has 0 bridgehead atoms. The number of hydrogen-bond donors (Lipinski definition) is 1. The summed E-state index contributed by atoms with van der Waals surface area (Å²) in [6, 6.07) is 0. The highest BCUT2D eigenvalue weighted by atomic mass is 16.3. The van der Waals surface area contributed by atoms with Crippen molar-refractivity contribution < 1.29 is 9.90 Å². The van der Waals surface area contributed by atoms with Crippen molar-refractivity contribution in [3.05, 3.63) is 0 Å². The van der Waals surface area contributed by atoms with Gasteiger partial charge in [0.1, 0.15) is 5.78 Å². The molecule has 12 heavy (non-hydrogen) atoms. The minimum atomic E-state index is -0.150. The molecule has 1 aliphatic rings. The van der Waals surface area contributed by atoms with Crippen LogP contribution < -0.4 is 0 Å². The first kappa shape index (κ1) is 9.72. The maximum absolute atomic E-state index is 10.9. The summed E-state index contributed by atoms with van der Waals surface area (Å²) in [5.74, 6) is 0.995. The normalized spacial score (nSPS) is 22.7. The van der Waals surface area contributed by atoms with Gasteiger partial charge in [-0.05, 0) is 31.6 Å². The van der Waals surface area contributed by atoms with Crippen molar-refractivity contribution in [3.8, 4) is 0 Å². The van der Waals surface area contributed by atoms with E-state index in [0.717, 1.165) is 38.5 Å². The molecule has 1 rings (SSSR count). The number of Topliss-reactive ketones (excluding diaryl/α,β-unsaturated/α-hetero) is 1. The summed E-state index contributed by atoms with van der Waals surface area (Å²) in [4.78, 5) is 10.9. The Bertz CT molecular complexity index is 144. The second-order valence-electron chi connectivity index (χ2n) is 3.78. The Morgan fingerprint density at radius 1 is 1.50 bits per heavy atom. The van der Waals surface area contributed by atoms with Crippen LogP contribution in [0.5, 0.6) is 0 Å². The summed E-state index contributed by atoms with van der Waals surface area (Å²) in [5, 5.41) is 9.39. The van der Waals surface area contributed by atoms with Crippen molar-refractivity contribution in [3.63, 3.8) is 0 Å². The van der Waals surface area contributed by atoms with Crippen molar-refractivity contribution in [2.75, 3.05) is 0 Å². The molecule has 1 atom stereocenters. The Labute approximate surface area is 74.0 Å². The first-order valence-electron chi connectivity index (χ1n) is 4.92. The van der Waals surface area contributed by atoms with E-state index in [2.05, 4.69) is 0 Å².